The lowest BCUT2D eigenvalue weighted by atomic mass is 9.95. The summed E-state index contributed by atoms with van der Waals surface area (Å²) in [6, 6.07) is 17.1. The van der Waals surface area contributed by atoms with E-state index in [-0.39, 0.29) is 12.2 Å². The molecule has 1 atom stereocenters. The third-order valence-corrected chi connectivity index (χ3v) is 6.46. The van der Waals surface area contributed by atoms with Crippen LogP contribution < -0.4 is 5.56 Å². The molecule has 2 aromatic carbocycles. The fraction of sp³-hybridized carbons (Fsp3) is 0.148. The summed E-state index contributed by atoms with van der Waals surface area (Å²) in [5, 5.41) is 9.97. The van der Waals surface area contributed by atoms with Crippen LogP contribution in [0.5, 0.6) is 0 Å². The maximum atomic E-state index is 13.9. The number of aliphatic hydroxyl groups excluding tert-OH is 1. The average molecular weight is 518 g/mol. The van der Waals surface area contributed by atoms with Gasteiger partial charge in [0.15, 0.2) is 0 Å². The highest BCUT2D eigenvalue weighted by molar-refractivity contribution is 9.10. The minimum atomic E-state index is -0.692. The van der Waals surface area contributed by atoms with E-state index in [1.807, 2.05) is 37.3 Å². The number of nitrogens with zero attached hydrogens (tertiary/aromatic N) is 3. The summed E-state index contributed by atoms with van der Waals surface area (Å²) in [5.74, 6) is -0.438. The van der Waals surface area contributed by atoms with Crippen molar-refractivity contribution in [3.8, 4) is 11.1 Å². The minimum Gasteiger partial charge on any atom is -0.394 e. The van der Waals surface area contributed by atoms with Gasteiger partial charge in [-0.3, -0.25) is 14.8 Å². The van der Waals surface area contributed by atoms with E-state index in [2.05, 4.69) is 27.0 Å². The normalized spacial score (nSPS) is 13.5. The van der Waals surface area contributed by atoms with E-state index >= 15 is 0 Å². The highest BCUT2D eigenvalue weighted by atomic mass is 79.9. The fourth-order valence-electron chi connectivity index (χ4n) is 4.35. The maximum absolute atomic E-state index is 13.9. The number of hydrogen-bond acceptors (Lipinski definition) is 4. The molecule has 7 heteroatoms. The lowest BCUT2D eigenvalue weighted by molar-refractivity contribution is 0.246. The number of aromatic nitrogens is 2. The Kier molecular flexibility index (Phi) is 5.98. The van der Waals surface area contributed by atoms with Crippen molar-refractivity contribution >= 4 is 21.6 Å². The second-order valence-corrected chi connectivity index (χ2v) is 9.20. The molecule has 2 aromatic heterocycles. The van der Waals surface area contributed by atoms with Crippen molar-refractivity contribution < 1.29 is 9.50 Å². The molecule has 0 bridgehead atoms. The Bertz CT molecular complexity index is 1480. The summed E-state index contributed by atoms with van der Waals surface area (Å²) < 4.78 is 15.9. The van der Waals surface area contributed by atoms with Crippen LogP contribution in [0.15, 0.2) is 87.3 Å². The van der Waals surface area contributed by atoms with Gasteiger partial charge < -0.3 is 9.67 Å². The molecule has 1 N–H and O–H groups in total. The summed E-state index contributed by atoms with van der Waals surface area (Å²) in [7, 11) is 0. The van der Waals surface area contributed by atoms with Gasteiger partial charge in [0.1, 0.15) is 5.82 Å². The molecule has 0 amide bonds. The number of aliphatic hydroxyl groups is 1. The molecular formula is C27H21BrFN3O2. The minimum absolute atomic E-state index is 0.281. The Morgan fingerprint density at radius 2 is 1.88 bits per heavy atom. The van der Waals surface area contributed by atoms with Gasteiger partial charge in [-0.25, -0.2) is 4.39 Å². The molecule has 0 unspecified atom stereocenters. The van der Waals surface area contributed by atoms with Crippen LogP contribution in [0.1, 0.15) is 34.0 Å². The summed E-state index contributed by atoms with van der Waals surface area (Å²) in [5.41, 5.74) is 6.95. The summed E-state index contributed by atoms with van der Waals surface area (Å²) in [6.07, 6.45) is 3.43. The average Bonchev–Trinajstić information content (AvgIpc) is 3.23. The topological polar surface area (TPSA) is 67.5 Å². The van der Waals surface area contributed by atoms with Crippen LogP contribution in [0.4, 0.5) is 4.39 Å². The lowest BCUT2D eigenvalue weighted by Crippen LogP contribution is -2.27. The first-order valence-electron chi connectivity index (χ1n) is 10.8. The predicted octanol–water partition coefficient (Wildman–Crippen LogP) is 5.05. The molecule has 1 aliphatic heterocycles. The number of hydrogen-bond donors (Lipinski definition) is 1. The van der Waals surface area contributed by atoms with E-state index in [1.54, 1.807) is 24.5 Å². The molecule has 0 fully saturated rings. The molecule has 1 aliphatic rings. The van der Waals surface area contributed by atoms with Gasteiger partial charge in [-0.15, -0.1) is 0 Å². The number of benzene rings is 2. The van der Waals surface area contributed by atoms with Crippen molar-refractivity contribution in [2.75, 3.05) is 6.61 Å². The molecule has 5 nitrogen and oxygen atoms in total. The third kappa shape index (κ3) is 4.24. The van der Waals surface area contributed by atoms with E-state index in [9.17, 15) is 14.3 Å². The molecule has 34 heavy (non-hydrogen) atoms. The second kappa shape index (κ2) is 9.08. The Morgan fingerprint density at radius 3 is 2.62 bits per heavy atom. The Balaban J connectivity index is 1.50. The largest absolute Gasteiger partial charge is 0.394 e. The van der Waals surface area contributed by atoms with E-state index in [1.165, 1.54) is 16.7 Å². The first-order valence-corrected chi connectivity index (χ1v) is 11.6. The van der Waals surface area contributed by atoms with Crippen LogP contribution in [-0.4, -0.2) is 27.0 Å². The predicted molar refractivity (Wildman–Crippen MR) is 134 cm³/mol. The quantitative estimate of drug-likeness (QED) is 0.402. The smallest absolute Gasteiger partial charge is 0.251 e. The third-order valence-electron chi connectivity index (χ3n) is 6.00. The van der Waals surface area contributed by atoms with Crippen molar-refractivity contribution in [3.05, 3.63) is 122 Å². The number of rotatable bonds is 5. The second-order valence-electron chi connectivity index (χ2n) is 8.28. The monoisotopic (exact) mass is 517 g/mol. The van der Waals surface area contributed by atoms with Crippen LogP contribution in [0.25, 0.3) is 11.1 Å². The first-order chi connectivity index (χ1) is 16.4. The van der Waals surface area contributed by atoms with Crippen molar-refractivity contribution in [1.82, 2.24) is 9.55 Å². The fourth-order valence-corrected chi connectivity index (χ4v) is 4.83. The molecule has 5 rings (SSSR count). The van der Waals surface area contributed by atoms with Gasteiger partial charge in [-0.2, -0.15) is 0 Å². The number of halogens is 2. The highest BCUT2D eigenvalue weighted by Gasteiger charge is 2.20. The van der Waals surface area contributed by atoms with Crippen LogP contribution >= 0.6 is 15.9 Å². The molecule has 0 aliphatic carbocycles. The van der Waals surface area contributed by atoms with E-state index in [0.29, 0.717) is 16.6 Å². The van der Waals surface area contributed by atoms with Crippen LogP contribution in [-0.2, 0) is 6.54 Å². The Hall–Kier alpha value is -3.42. The molecule has 0 spiro atoms. The van der Waals surface area contributed by atoms with Gasteiger partial charge in [0.2, 0.25) is 0 Å². The van der Waals surface area contributed by atoms with Crippen molar-refractivity contribution in [2.24, 2.45) is 4.99 Å². The summed E-state index contributed by atoms with van der Waals surface area (Å²) >= 11 is 3.27. The van der Waals surface area contributed by atoms with Gasteiger partial charge in [-0.1, -0.05) is 28.1 Å². The number of fused-ring (bicyclic) bond motifs is 1. The van der Waals surface area contributed by atoms with Crippen LogP contribution in [0, 0.1) is 12.7 Å². The van der Waals surface area contributed by atoms with E-state index in [0.717, 1.165) is 39.2 Å². The van der Waals surface area contributed by atoms with Crippen molar-refractivity contribution in [1.29, 1.82) is 0 Å². The maximum Gasteiger partial charge on any atom is 0.251 e. The van der Waals surface area contributed by atoms with Gasteiger partial charge in [0.25, 0.3) is 5.56 Å². The molecular weight excluding hydrogens is 497 g/mol. The number of aliphatic imine (C=N–C) groups is 1. The molecule has 4 aromatic rings. The number of pyridine rings is 2. The molecule has 0 saturated heterocycles. The van der Waals surface area contributed by atoms with Gasteiger partial charge in [0, 0.05) is 39.8 Å². The lowest BCUT2D eigenvalue weighted by Gasteiger charge is -2.19. The SMILES string of the molecule is Cc1cc(C2=NCc3ccc(-c4ccn([C@H](CO)c5cc(F)cc(Br)c5)c(=O)c4)cc32)ccn1. The number of aryl methyl sites for hydroxylation is 1. The zero-order valence-electron chi connectivity index (χ0n) is 18.4. The standard InChI is InChI=1S/C27H21BrFN3O2/c1-16-8-19(4-6-30-16)27-24-11-17(2-3-20(24)14-31-27)18-5-7-32(26(34)12-18)25(15-33)21-9-22(28)13-23(29)10-21/h2-13,25,33H,14-15H2,1H3/t25-/m1/s1. The van der Waals surface area contributed by atoms with Crippen molar-refractivity contribution in [2.45, 2.75) is 19.5 Å². The first kappa shape index (κ1) is 22.4. The molecule has 0 saturated carbocycles. The van der Waals surface area contributed by atoms with Crippen LogP contribution in [0.3, 0.4) is 0 Å². The zero-order valence-corrected chi connectivity index (χ0v) is 20.0. The Morgan fingerprint density at radius 1 is 1.06 bits per heavy atom. The van der Waals surface area contributed by atoms with Gasteiger partial charge >= 0.3 is 0 Å². The van der Waals surface area contributed by atoms with Gasteiger partial charge in [-0.05, 0) is 71.6 Å². The van der Waals surface area contributed by atoms with E-state index < -0.39 is 11.9 Å². The Labute approximate surface area is 204 Å². The highest BCUT2D eigenvalue weighted by Crippen LogP contribution is 2.29. The molecule has 170 valence electrons. The summed E-state index contributed by atoms with van der Waals surface area (Å²) in [4.78, 5) is 22.0. The molecule has 3 heterocycles. The zero-order chi connectivity index (χ0) is 23.8. The molecule has 0 radical (unpaired) electrons. The van der Waals surface area contributed by atoms with Crippen molar-refractivity contribution in [3.63, 3.8) is 0 Å². The summed E-state index contributed by atoms with van der Waals surface area (Å²) in [6.45, 7) is 2.24. The van der Waals surface area contributed by atoms with Crippen LogP contribution in [0.2, 0.25) is 0 Å². The van der Waals surface area contributed by atoms with Gasteiger partial charge in [0.05, 0.1) is 24.9 Å². The van der Waals surface area contributed by atoms with E-state index in [4.69, 9.17) is 4.99 Å².